The van der Waals surface area contributed by atoms with Gasteiger partial charge in [-0.25, -0.2) is 0 Å². The number of hydrogen-bond donors (Lipinski definition) is 3. The molecule has 0 aliphatic heterocycles. The summed E-state index contributed by atoms with van der Waals surface area (Å²) < 4.78 is 11.2. The van der Waals surface area contributed by atoms with Gasteiger partial charge in [-0.2, -0.15) is 0 Å². The van der Waals surface area contributed by atoms with Gasteiger partial charge in [0.25, 0.3) is 0 Å². The van der Waals surface area contributed by atoms with Gasteiger partial charge >= 0.3 is 0 Å². The van der Waals surface area contributed by atoms with Gasteiger partial charge in [0.2, 0.25) is 0 Å². The van der Waals surface area contributed by atoms with E-state index in [2.05, 4.69) is 20.8 Å². The lowest BCUT2D eigenvalue weighted by Crippen LogP contribution is -2.59. The average molecular weight is 409 g/mol. The quantitative estimate of drug-likeness (QED) is 0.492. The fraction of sp³-hybridized carbons (Fsp3) is 0.917. The van der Waals surface area contributed by atoms with Crippen LogP contribution in [0.2, 0.25) is 0 Å². The third-order valence-corrected chi connectivity index (χ3v) is 9.81. The lowest BCUT2D eigenvalue weighted by Gasteiger charge is -2.60. The maximum absolute atomic E-state index is 11.2. The van der Waals surface area contributed by atoms with Gasteiger partial charge in [0.1, 0.15) is 0 Å². The molecule has 3 fully saturated rings. The van der Waals surface area contributed by atoms with Crippen molar-refractivity contribution >= 4 is 0 Å². The summed E-state index contributed by atoms with van der Waals surface area (Å²) in [6, 6.07) is 0. The Morgan fingerprint density at radius 2 is 1.72 bits per heavy atom. The zero-order valence-electron chi connectivity index (χ0n) is 18.7. The Balaban J connectivity index is 1.66. The highest BCUT2D eigenvalue weighted by Crippen LogP contribution is 2.67. The van der Waals surface area contributed by atoms with Crippen LogP contribution in [0.15, 0.2) is 11.6 Å². The highest BCUT2D eigenvalue weighted by atomic mass is 16.7. The number of aliphatic hydroxyl groups is 3. The van der Waals surface area contributed by atoms with Crippen LogP contribution in [-0.4, -0.2) is 54.1 Å². The third-order valence-electron chi connectivity index (χ3n) is 9.81. The lowest BCUT2D eigenvalue weighted by atomic mass is 9.45. The third kappa shape index (κ3) is 3.07. The highest BCUT2D eigenvalue weighted by Gasteiger charge is 2.63. The molecular formula is C24H40O5. The summed E-state index contributed by atoms with van der Waals surface area (Å²) >= 11 is 0. The van der Waals surface area contributed by atoms with Crippen molar-refractivity contribution in [3.8, 4) is 0 Å². The molecule has 0 amide bonds. The predicted octanol–water partition coefficient (Wildman–Crippen LogP) is 3.12. The van der Waals surface area contributed by atoms with Gasteiger partial charge < -0.3 is 24.8 Å². The summed E-state index contributed by atoms with van der Waals surface area (Å²) in [5, 5.41) is 32.4. The van der Waals surface area contributed by atoms with E-state index in [-0.39, 0.29) is 29.0 Å². The zero-order chi connectivity index (χ0) is 21.1. The van der Waals surface area contributed by atoms with Gasteiger partial charge in [-0.1, -0.05) is 32.4 Å². The fourth-order valence-electron chi connectivity index (χ4n) is 8.31. The molecule has 0 saturated heterocycles. The lowest BCUT2D eigenvalue weighted by molar-refractivity contribution is -0.169. The van der Waals surface area contributed by atoms with Crippen molar-refractivity contribution in [2.45, 2.75) is 83.9 Å². The first kappa shape index (κ1) is 21.8. The van der Waals surface area contributed by atoms with Gasteiger partial charge in [-0.3, -0.25) is 0 Å². The van der Waals surface area contributed by atoms with Crippen molar-refractivity contribution in [2.75, 3.05) is 14.2 Å². The Morgan fingerprint density at radius 3 is 2.38 bits per heavy atom. The monoisotopic (exact) mass is 408 g/mol. The minimum Gasteiger partial charge on any atom is -0.393 e. The van der Waals surface area contributed by atoms with Gasteiger partial charge in [0.05, 0.1) is 18.3 Å². The number of hydrogen-bond acceptors (Lipinski definition) is 5. The van der Waals surface area contributed by atoms with E-state index in [1.54, 1.807) is 14.2 Å². The van der Waals surface area contributed by atoms with E-state index in [0.717, 1.165) is 31.3 Å². The Morgan fingerprint density at radius 1 is 1.03 bits per heavy atom. The van der Waals surface area contributed by atoms with E-state index in [9.17, 15) is 15.3 Å². The maximum atomic E-state index is 11.2. The van der Waals surface area contributed by atoms with E-state index in [4.69, 9.17) is 9.47 Å². The summed E-state index contributed by atoms with van der Waals surface area (Å²) in [5.74, 6) is 1.68. The molecule has 0 heterocycles. The molecule has 4 unspecified atom stereocenters. The van der Waals surface area contributed by atoms with Crippen LogP contribution in [0.4, 0.5) is 0 Å². The van der Waals surface area contributed by atoms with Gasteiger partial charge in [-0.15, -0.1) is 0 Å². The molecule has 4 rings (SSSR count). The maximum Gasteiger partial charge on any atom is 0.159 e. The summed E-state index contributed by atoms with van der Waals surface area (Å²) in [4.78, 5) is 0. The van der Waals surface area contributed by atoms with Crippen molar-refractivity contribution < 1.29 is 24.8 Å². The van der Waals surface area contributed by atoms with Crippen molar-refractivity contribution in [1.82, 2.24) is 0 Å². The van der Waals surface area contributed by atoms with E-state index in [0.29, 0.717) is 30.6 Å². The zero-order valence-corrected chi connectivity index (χ0v) is 18.7. The molecule has 3 saturated carbocycles. The number of methoxy groups -OCH3 is 2. The largest absolute Gasteiger partial charge is 0.393 e. The van der Waals surface area contributed by atoms with Gasteiger partial charge in [0.15, 0.2) is 6.29 Å². The van der Waals surface area contributed by atoms with E-state index >= 15 is 0 Å². The van der Waals surface area contributed by atoms with Crippen molar-refractivity contribution in [2.24, 2.45) is 40.4 Å². The molecule has 5 heteroatoms. The van der Waals surface area contributed by atoms with Gasteiger partial charge in [0, 0.05) is 32.0 Å². The molecule has 0 spiro atoms. The van der Waals surface area contributed by atoms with Crippen LogP contribution < -0.4 is 0 Å². The molecule has 0 aromatic heterocycles. The van der Waals surface area contributed by atoms with E-state index in [1.807, 2.05) is 6.08 Å². The first-order valence-corrected chi connectivity index (χ1v) is 11.5. The number of aliphatic hydroxyl groups excluding tert-OH is 3. The SMILES string of the molecule is COC(OC)C(C)[C@H]1CC[C@H]2[C@@H]3C(O)C=C4CC(O)CC(O)[C@]4(C)[C@H]3CC[C@]12C. The summed E-state index contributed by atoms with van der Waals surface area (Å²) in [7, 11) is 3.43. The standard InChI is InChI=1S/C24H40O5/c1-13(22(28-4)29-5)16-6-7-17-21-18(8-9-23(16,17)2)24(3)14(11-19(21)26)10-15(25)12-20(24)27/h11,13,15-22,25-27H,6-10,12H2,1-5H3/t13?,15?,16-,17+,18+,19?,20?,21+,23-,24+/m1/s1. The summed E-state index contributed by atoms with van der Waals surface area (Å²) in [6.45, 7) is 6.84. The molecule has 29 heavy (non-hydrogen) atoms. The normalized spacial score (nSPS) is 50.5. The van der Waals surface area contributed by atoms with Crippen LogP contribution in [0.25, 0.3) is 0 Å². The minimum absolute atomic E-state index is 0.151. The van der Waals surface area contributed by atoms with Crippen LogP contribution in [0.5, 0.6) is 0 Å². The van der Waals surface area contributed by atoms with Crippen LogP contribution in [0.1, 0.15) is 59.3 Å². The predicted molar refractivity (Wildman–Crippen MR) is 111 cm³/mol. The Labute approximate surface area is 175 Å². The highest BCUT2D eigenvalue weighted by molar-refractivity contribution is 5.29. The topological polar surface area (TPSA) is 79.2 Å². The van der Waals surface area contributed by atoms with E-state index < -0.39 is 18.3 Å². The second kappa shape index (κ2) is 7.59. The molecule has 5 nitrogen and oxygen atoms in total. The fourth-order valence-corrected chi connectivity index (χ4v) is 8.31. The first-order valence-electron chi connectivity index (χ1n) is 11.5. The minimum atomic E-state index is -0.538. The van der Waals surface area contributed by atoms with Crippen molar-refractivity contribution in [3.05, 3.63) is 11.6 Å². The first-order chi connectivity index (χ1) is 13.7. The molecule has 0 radical (unpaired) electrons. The second-order valence-electron chi connectivity index (χ2n) is 10.8. The molecular weight excluding hydrogens is 368 g/mol. The summed E-state index contributed by atoms with van der Waals surface area (Å²) in [6.07, 6.45) is 5.66. The molecule has 0 aromatic rings. The number of fused-ring (bicyclic) bond motifs is 5. The summed E-state index contributed by atoms with van der Waals surface area (Å²) in [5.41, 5.74) is 0.899. The molecule has 3 N–H and O–H groups in total. The smallest absolute Gasteiger partial charge is 0.159 e. The van der Waals surface area contributed by atoms with Gasteiger partial charge in [-0.05, 0) is 61.2 Å². The molecule has 0 aromatic carbocycles. The molecule has 166 valence electrons. The number of rotatable bonds is 4. The number of ether oxygens (including phenoxy) is 2. The van der Waals surface area contributed by atoms with Crippen LogP contribution in [0, 0.1) is 40.4 Å². The second-order valence-corrected chi connectivity index (χ2v) is 10.8. The van der Waals surface area contributed by atoms with Crippen LogP contribution in [-0.2, 0) is 9.47 Å². The van der Waals surface area contributed by atoms with E-state index in [1.165, 1.54) is 0 Å². The van der Waals surface area contributed by atoms with Crippen molar-refractivity contribution in [1.29, 1.82) is 0 Å². The van der Waals surface area contributed by atoms with Crippen LogP contribution >= 0.6 is 0 Å². The van der Waals surface area contributed by atoms with Crippen molar-refractivity contribution in [3.63, 3.8) is 0 Å². The van der Waals surface area contributed by atoms with Crippen LogP contribution in [0.3, 0.4) is 0 Å². The molecule has 4 aliphatic carbocycles. The average Bonchev–Trinajstić information content (AvgIpc) is 3.02. The molecule has 10 atom stereocenters. The molecule has 0 bridgehead atoms. The Kier molecular flexibility index (Phi) is 5.70. The molecule has 4 aliphatic rings. The Hall–Kier alpha value is -0.460. The Bertz CT molecular complexity index is 645.